The van der Waals surface area contributed by atoms with E-state index in [4.69, 9.17) is 0 Å². The summed E-state index contributed by atoms with van der Waals surface area (Å²) in [5.41, 5.74) is 2.00. The van der Waals surface area contributed by atoms with Crippen molar-refractivity contribution in [2.24, 2.45) is 0 Å². The quantitative estimate of drug-likeness (QED) is 0.705. The van der Waals surface area contributed by atoms with Crippen molar-refractivity contribution in [3.05, 3.63) is 72.1 Å². The molecule has 0 aliphatic heterocycles. The monoisotopic (exact) mass is 355 g/mol. The second kappa shape index (κ2) is 7.27. The minimum Gasteiger partial charge on any atom is -0.364 e. The molecule has 0 aliphatic rings. The number of hydrogen-bond acceptors (Lipinski definition) is 6. The number of anilines is 2. The second-order valence-electron chi connectivity index (χ2n) is 5.44. The SMILES string of the molecule is Cc1ccc(S(=O)(=O)Nc2ccc(NCc3cccnc3)nn2)cc1. The predicted molar refractivity (Wildman–Crippen MR) is 95.6 cm³/mol. The van der Waals surface area contributed by atoms with Gasteiger partial charge in [-0.25, -0.2) is 8.42 Å². The smallest absolute Gasteiger partial charge is 0.263 e. The Labute approximate surface area is 146 Å². The summed E-state index contributed by atoms with van der Waals surface area (Å²) in [5, 5.41) is 11.0. The zero-order valence-electron chi connectivity index (χ0n) is 13.5. The number of hydrogen-bond donors (Lipinski definition) is 2. The molecule has 128 valence electrons. The van der Waals surface area contributed by atoms with Crippen LogP contribution in [0.15, 0.2) is 65.8 Å². The summed E-state index contributed by atoms with van der Waals surface area (Å²) in [6.45, 7) is 2.45. The van der Waals surface area contributed by atoms with Crippen molar-refractivity contribution in [1.82, 2.24) is 15.2 Å². The maximum Gasteiger partial charge on any atom is 0.263 e. The number of rotatable bonds is 6. The molecule has 0 amide bonds. The van der Waals surface area contributed by atoms with Gasteiger partial charge in [0.2, 0.25) is 0 Å². The fourth-order valence-electron chi connectivity index (χ4n) is 2.09. The van der Waals surface area contributed by atoms with Gasteiger partial charge in [0, 0.05) is 18.9 Å². The first-order valence-electron chi connectivity index (χ1n) is 7.59. The molecule has 0 radical (unpaired) electrons. The molecule has 0 spiro atoms. The number of aryl methyl sites for hydroxylation is 1. The summed E-state index contributed by atoms with van der Waals surface area (Å²) in [5.74, 6) is 0.703. The highest BCUT2D eigenvalue weighted by Crippen LogP contribution is 2.15. The minimum absolute atomic E-state index is 0.160. The van der Waals surface area contributed by atoms with E-state index in [9.17, 15) is 8.42 Å². The molecule has 2 heterocycles. The third-order valence-electron chi connectivity index (χ3n) is 3.43. The van der Waals surface area contributed by atoms with Gasteiger partial charge in [0.15, 0.2) is 5.82 Å². The Hall–Kier alpha value is -3.00. The number of pyridine rings is 1. The third-order valence-corrected chi connectivity index (χ3v) is 4.80. The van der Waals surface area contributed by atoms with Crippen LogP contribution in [0.5, 0.6) is 0 Å². The first-order valence-corrected chi connectivity index (χ1v) is 9.07. The van der Waals surface area contributed by atoms with Crippen LogP contribution in [-0.2, 0) is 16.6 Å². The lowest BCUT2D eigenvalue weighted by Crippen LogP contribution is -2.14. The molecule has 2 aromatic heterocycles. The van der Waals surface area contributed by atoms with Crippen molar-refractivity contribution in [3.63, 3.8) is 0 Å². The minimum atomic E-state index is -3.68. The molecule has 0 saturated heterocycles. The number of nitrogens with zero attached hydrogens (tertiary/aromatic N) is 3. The molecule has 3 rings (SSSR count). The van der Waals surface area contributed by atoms with Gasteiger partial charge in [-0.1, -0.05) is 23.8 Å². The van der Waals surface area contributed by atoms with Crippen LogP contribution >= 0.6 is 0 Å². The van der Waals surface area contributed by atoms with Crippen LogP contribution in [0.2, 0.25) is 0 Å². The molecule has 3 aromatic rings. The molecular formula is C17H17N5O2S. The van der Waals surface area contributed by atoms with Gasteiger partial charge < -0.3 is 5.32 Å². The number of benzene rings is 1. The van der Waals surface area contributed by atoms with E-state index in [1.807, 2.05) is 19.1 Å². The molecule has 25 heavy (non-hydrogen) atoms. The molecule has 0 atom stereocenters. The summed E-state index contributed by atoms with van der Waals surface area (Å²) in [4.78, 5) is 4.21. The predicted octanol–water partition coefficient (Wildman–Crippen LogP) is 2.59. The van der Waals surface area contributed by atoms with E-state index in [1.165, 1.54) is 0 Å². The Balaban J connectivity index is 1.65. The van der Waals surface area contributed by atoms with Crippen LogP contribution in [-0.4, -0.2) is 23.6 Å². The Morgan fingerprint density at radius 1 is 0.960 bits per heavy atom. The van der Waals surface area contributed by atoms with Gasteiger partial charge in [-0.15, -0.1) is 10.2 Å². The van der Waals surface area contributed by atoms with Gasteiger partial charge in [0.1, 0.15) is 5.82 Å². The Kier molecular flexibility index (Phi) is 4.90. The van der Waals surface area contributed by atoms with E-state index < -0.39 is 10.0 Å². The van der Waals surface area contributed by atoms with E-state index >= 15 is 0 Å². The highest BCUT2D eigenvalue weighted by Gasteiger charge is 2.14. The largest absolute Gasteiger partial charge is 0.364 e. The molecule has 8 heteroatoms. The van der Waals surface area contributed by atoms with Crippen LogP contribution in [0.3, 0.4) is 0 Å². The number of aromatic nitrogens is 3. The first kappa shape index (κ1) is 16.8. The summed E-state index contributed by atoms with van der Waals surface area (Å²) in [6.07, 6.45) is 3.46. The zero-order valence-corrected chi connectivity index (χ0v) is 14.4. The lowest BCUT2D eigenvalue weighted by molar-refractivity contribution is 0.601. The Morgan fingerprint density at radius 2 is 1.68 bits per heavy atom. The van der Waals surface area contributed by atoms with Gasteiger partial charge in [-0.2, -0.15) is 0 Å². The standard InChI is InChI=1S/C17H17N5O2S/c1-13-4-6-15(7-5-13)25(23,24)22-17-9-8-16(20-21-17)19-12-14-3-2-10-18-11-14/h2-11H,12H2,1H3,(H,19,20)(H,21,22). The molecule has 0 fully saturated rings. The Morgan fingerprint density at radius 3 is 2.32 bits per heavy atom. The normalized spacial score (nSPS) is 11.1. The van der Waals surface area contributed by atoms with Crippen LogP contribution in [0.25, 0.3) is 0 Å². The number of nitrogens with one attached hydrogen (secondary N) is 2. The topological polar surface area (TPSA) is 96.9 Å². The fourth-order valence-corrected chi connectivity index (χ4v) is 3.09. The maximum absolute atomic E-state index is 12.3. The van der Waals surface area contributed by atoms with Crippen LogP contribution < -0.4 is 10.0 Å². The summed E-state index contributed by atoms with van der Waals surface area (Å²) in [7, 11) is -3.68. The Bertz CT molecular complexity index is 927. The van der Waals surface area contributed by atoms with Gasteiger partial charge in [-0.3, -0.25) is 9.71 Å². The van der Waals surface area contributed by atoms with E-state index in [0.717, 1.165) is 11.1 Å². The number of sulfonamides is 1. The van der Waals surface area contributed by atoms with Crippen molar-refractivity contribution >= 4 is 21.7 Å². The van der Waals surface area contributed by atoms with Crippen molar-refractivity contribution in [3.8, 4) is 0 Å². The molecule has 0 saturated carbocycles. The summed E-state index contributed by atoms with van der Waals surface area (Å²) >= 11 is 0. The maximum atomic E-state index is 12.3. The van der Waals surface area contributed by atoms with E-state index in [-0.39, 0.29) is 10.7 Å². The van der Waals surface area contributed by atoms with E-state index in [1.54, 1.807) is 48.8 Å². The average molecular weight is 355 g/mol. The van der Waals surface area contributed by atoms with Crippen molar-refractivity contribution in [1.29, 1.82) is 0 Å². The fraction of sp³-hybridized carbons (Fsp3) is 0.118. The van der Waals surface area contributed by atoms with Gasteiger partial charge in [0.25, 0.3) is 10.0 Å². The van der Waals surface area contributed by atoms with Crippen LogP contribution in [0, 0.1) is 6.92 Å². The van der Waals surface area contributed by atoms with E-state index in [0.29, 0.717) is 12.4 Å². The highest BCUT2D eigenvalue weighted by molar-refractivity contribution is 7.92. The molecule has 7 nitrogen and oxygen atoms in total. The molecular weight excluding hydrogens is 338 g/mol. The summed E-state index contributed by atoms with van der Waals surface area (Å²) in [6, 6.07) is 13.6. The second-order valence-corrected chi connectivity index (χ2v) is 7.12. The molecule has 0 bridgehead atoms. The average Bonchev–Trinajstić information content (AvgIpc) is 2.62. The highest BCUT2D eigenvalue weighted by atomic mass is 32.2. The van der Waals surface area contributed by atoms with Crippen LogP contribution in [0.4, 0.5) is 11.6 Å². The van der Waals surface area contributed by atoms with Crippen molar-refractivity contribution < 1.29 is 8.42 Å². The lowest BCUT2D eigenvalue weighted by atomic mass is 10.2. The molecule has 0 aliphatic carbocycles. The van der Waals surface area contributed by atoms with Gasteiger partial charge in [-0.05, 0) is 42.8 Å². The lowest BCUT2D eigenvalue weighted by Gasteiger charge is -2.08. The molecule has 2 N–H and O–H groups in total. The van der Waals surface area contributed by atoms with Crippen molar-refractivity contribution in [2.45, 2.75) is 18.4 Å². The van der Waals surface area contributed by atoms with Crippen molar-refractivity contribution in [2.75, 3.05) is 10.0 Å². The molecule has 0 unspecified atom stereocenters. The van der Waals surface area contributed by atoms with Gasteiger partial charge >= 0.3 is 0 Å². The third kappa shape index (κ3) is 4.51. The van der Waals surface area contributed by atoms with E-state index in [2.05, 4.69) is 25.2 Å². The molecule has 1 aromatic carbocycles. The van der Waals surface area contributed by atoms with Gasteiger partial charge in [0.05, 0.1) is 4.90 Å². The zero-order chi connectivity index (χ0) is 17.7. The first-order chi connectivity index (χ1) is 12.0. The summed E-state index contributed by atoms with van der Waals surface area (Å²) < 4.78 is 27.0. The van der Waals surface area contributed by atoms with Crippen LogP contribution in [0.1, 0.15) is 11.1 Å².